The summed E-state index contributed by atoms with van der Waals surface area (Å²) < 4.78 is 21.7. The predicted molar refractivity (Wildman–Crippen MR) is 67.2 cm³/mol. The van der Waals surface area contributed by atoms with E-state index >= 15 is 0 Å². The van der Waals surface area contributed by atoms with Gasteiger partial charge in [-0.15, -0.1) is 0 Å². The number of nitrogens with one attached hydrogen (secondary N) is 1. The summed E-state index contributed by atoms with van der Waals surface area (Å²) in [4.78, 5) is 23.4. The number of carbonyl (C=O) groups excluding carboxylic acids is 1. The average molecular weight is 280 g/mol. The summed E-state index contributed by atoms with van der Waals surface area (Å²) in [5, 5.41) is 11.2. The van der Waals surface area contributed by atoms with Crippen LogP contribution >= 0.6 is 0 Å². The Morgan fingerprint density at radius 3 is 2.28 bits per heavy atom. The molecule has 8 heteroatoms. The molecule has 0 saturated carbocycles. The maximum Gasteiger partial charge on any atom is 0.323 e. The van der Waals surface area contributed by atoms with E-state index in [1.165, 1.54) is 4.90 Å². The minimum atomic E-state index is -3.04. The summed E-state index contributed by atoms with van der Waals surface area (Å²) in [5.41, 5.74) is 0. The van der Waals surface area contributed by atoms with E-state index in [0.717, 1.165) is 6.26 Å². The number of carbonyl (C=O) groups is 2. The van der Waals surface area contributed by atoms with Gasteiger partial charge in [0.2, 0.25) is 0 Å². The fourth-order valence-corrected chi connectivity index (χ4v) is 1.93. The van der Waals surface area contributed by atoms with Crippen molar-refractivity contribution in [3.05, 3.63) is 0 Å². The SMILES string of the molecule is CC(C)N(CC(=O)O)C(=O)NCCCS(C)(=O)=O. The van der Waals surface area contributed by atoms with E-state index in [1.54, 1.807) is 13.8 Å². The van der Waals surface area contributed by atoms with Crippen LogP contribution in [-0.4, -0.2) is 61.6 Å². The zero-order valence-corrected chi connectivity index (χ0v) is 11.7. The van der Waals surface area contributed by atoms with E-state index in [-0.39, 0.29) is 24.9 Å². The van der Waals surface area contributed by atoms with Gasteiger partial charge in [0.15, 0.2) is 0 Å². The Bertz CT molecular complexity index is 391. The molecule has 0 rings (SSSR count). The fraction of sp³-hybridized carbons (Fsp3) is 0.800. The smallest absolute Gasteiger partial charge is 0.323 e. The van der Waals surface area contributed by atoms with Gasteiger partial charge >= 0.3 is 12.0 Å². The molecule has 2 N–H and O–H groups in total. The van der Waals surface area contributed by atoms with Crippen molar-refractivity contribution in [2.45, 2.75) is 26.3 Å². The number of carboxylic acids is 1. The van der Waals surface area contributed by atoms with Crippen molar-refractivity contribution in [3.63, 3.8) is 0 Å². The Morgan fingerprint density at radius 1 is 1.33 bits per heavy atom. The third-order valence-electron chi connectivity index (χ3n) is 2.16. The molecule has 0 saturated heterocycles. The van der Waals surface area contributed by atoms with Crippen LogP contribution in [-0.2, 0) is 14.6 Å². The van der Waals surface area contributed by atoms with Gasteiger partial charge in [-0.25, -0.2) is 13.2 Å². The Morgan fingerprint density at radius 2 is 1.89 bits per heavy atom. The first-order valence-electron chi connectivity index (χ1n) is 5.57. The highest BCUT2D eigenvalue weighted by Gasteiger charge is 2.19. The largest absolute Gasteiger partial charge is 0.480 e. The van der Waals surface area contributed by atoms with Crippen molar-refractivity contribution < 1.29 is 23.1 Å². The molecule has 0 radical (unpaired) electrons. The van der Waals surface area contributed by atoms with Crippen LogP contribution in [0.1, 0.15) is 20.3 Å². The second-order valence-electron chi connectivity index (χ2n) is 4.33. The molecule has 0 aromatic heterocycles. The molecular formula is C10H20N2O5S. The standard InChI is InChI=1S/C10H20N2O5S/c1-8(2)12(7-9(13)14)10(15)11-5-4-6-18(3,16)17/h8H,4-7H2,1-3H3,(H,11,15)(H,13,14). The lowest BCUT2D eigenvalue weighted by Gasteiger charge is -2.25. The Hall–Kier alpha value is -1.31. The van der Waals surface area contributed by atoms with Gasteiger partial charge in [-0.05, 0) is 20.3 Å². The number of hydrogen-bond acceptors (Lipinski definition) is 4. The zero-order valence-electron chi connectivity index (χ0n) is 10.8. The van der Waals surface area contributed by atoms with Crippen LogP contribution in [0.15, 0.2) is 0 Å². The first kappa shape index (κ1) is 16.7. The number of nitrogens with zero attached hydrogens (tertiary/aromatic N) is 1. The Labute approximate surface area is 107 Å². The number of amides is 2. The van der Waals surface area contributed by atoms with Crippen LogP contribution in [0.2, 0.25) is 0 Å². The molecule has 106 valence electrons. The van der Waals surface area contributed by atoms with E-state index in [4.69, 9.17) is 5.11 Å². The molecule has 7 nitrogen and oxygen atoms in total. The second kappa shape index (κ2) is 7.20. The van der Waals surface area contributed by atoms with E-state index in [9.17, 15) is 18.0 Å². The van der Waals surface area contributed by atoms with Crippen molar-refractivity contribution in [2.75, 3.05) is 25.1 Å². The normalized spacial score (nSPS) is 11.3. The molecule has 0 bridgehead atoms. The molecular weight excluding hydrogens is 260 g/mol. The van der Waals surface area contributed by atoms with E-state index < -0.39 is 21.8 Å². The molecule has 0 fully saturated rings. The second-order valence-corrected chi connectivity index (χ2v) is 6.59. The monoisotopic (exact) mass is 280 g/mol. The van der Waals surface area contributed by atoms with Crippen molar-refractivity contribution in [3.8, 4) is 0 Å². The van der Waals surface area contributed by atoms with Crippen LogP contribution in [0, 0.1) is 0 Å². The number of aliphatic carboxylic acids is 1. The van der Waals surface area contributed by atoms with Gasteiger partial charge in [-0.1, -0.05) is 0 Å². The minimum absolute atomic E-state index is 0.00606. The number of sulfone groups is 1. The van der Waals surface area contributed by atoms with Gasteiger partial charge in [-0.2, -0.15) is 0 Å². The molecule has 0 atom stereocenters. The van der Waals surface area contributed by atoms with Gasteiger partial charge in [0.05, 0.1) is 5.75 Å². The maximum absolute atomic E-state index is 11.6. The topological polar surface area (TPSA) is 104 Å². The molecule has 0 aromatic carbocycles. The molecule has 2 amide bonds. The van der Waals surface area contributed by atoms with E-state index in [0.29, 0.717) is 6.42 Å². The van der Waals surface area contributed by atoms with Gasteiger partial charge in [0.25, 0.3) is 0 Å². The third-order valence-corrected chi connectivity index (χ3v) is 3.19. The average Bonchev–Trinajstić information content (AvgIpc) is 2.18. The molecule has 0 unspecified atom stereocenters. The molecule has 18 heavy (non-hydrogen) atoms. The molecule has 0 aliphatic carbocycles. The Kier molecular flexibility index (Phi) is 6.67. The van der Waals surface area contributed by atoms with Crippen LogP contribution in [0.4, 0.5) is 4.79 Å². The molecule has 0 heterocycles. The van der Waals surface area contributed by atoms with Crippen LogP contribution in [0.3, 0.4) is 0 Å². The molecule has 0 spiro atoms. The summed E-state index contributed by atoms with van der Waals surface area (Å²) in [5.74, 6) is -1.09. The zero-order chi connectivity index (χ0) is 14.3. The van der Waals surface area contributed by atoms with Gasteiger partial charge in [-0.3, -0.25) is 4.79 Å². The van der Waals surface area contributed by atoms with Gasteiger partial charge in [0, 0.05) is 18.8 Å². The van der Waals surface area contributed by atoms with Gasteiger partial charge < -0.3 is 15.3 Å². The van der Waals surface area contributed by atoms with Crippen LogP contribution in [0.25, 0.3) is 0 Å². The maximum atomic E-state index is 11.6. The highest BCUT2D eigenvalue weighted by molar-refractivity contribution is 7.90. The lowest BCUT2D eigenvalue weighted by atomic mass is 10.3. The quantitative estimate of drug-likeness (QED) is 0.635. The van der Waals surface area contributed by atoms with Gasteiger partial charge in [0.1, 0.15) is 16.4 Å². The van der Waals surface area contributed by atoms with Crippen LogP contribution < -0.4 is 5.32 Å². The minimum Gasteiger partial charge on any atom is -0.480 e. The van der Waals surface area contributed by atoms with Crippen molar-refractivity contribution in [1.82, 2.24) is 10.2 Å². The Balaban J connectivity index is 4.15. The number of rotatable bonds is 7. The lowest BCUT2D eigenvalue weighted by Crippen LogP contribution is -2.46. The summed E-state index contributed by atoms with van der Waals surface area (Å²) in [6.45, 7) is 3.24. The number of hydrogen-bond donors (Lipinski definition) is 2. The van der Waals surface area contributed by atoms with E-state index in [1.807, 2.05) is 0 Å². The first-order chi connectivity index (χ1) is 8.13. The van der Waals surface area contributed by atoms with Crippen molar-refractivity contribution in [2.24, 2.45) is 0 Å². The number of carboxylic acid groups (broad SMARTS) is 1. The third kappa shape index (κ3) is 7.88. The summed E-state index contributed by atoms with van der Waals surface area (Å²) in [6.07, 6.45) is 1.43. The predicted octanol–water partition coefficient (Wildman–Crippen LogP) is -0.0743. The van der Waals surface area contributed by atoms with Crippen molar-refractivity contribution in [1.29, 1.82) is 0 Å². The summed E-state index contributed by atoms with van der Waals surface area (Å²) in [7, 11) is -3.04. The fourth-order valence-electron chi connectivity index (χ4n) is 1.27. The van der Waals surface area contributed by atoms with Crippen molar-refractivity contribution >= 4 is 21.8 Å². The lowest BCUT2D eigenvalue weighted by molar-refractivity contribution is -0.138. The first-order valence-corrected chi connectivity index (χ1v) is 7.63. The number of urea groups is 1. The summed E-state index contributed by atoms with van der Waals surface area (Å²) >= 11 is 0. The van der Waals surface area contributed by atoms with Crippen LogP contribution in [0.5, 0.6) is 0 Å². The molecule has 0 aliphatic rings. The highest BCUT2D eigenvalue weighted by atomic mass is 32.2. The molecule has 0 aromatic rings. The summed E-state index contributed by atoms with van der Waals surface area (Å²) in [6, 6.07) is -0.739. The molecule has 0 aliphatic heterocycles. The highest BCUT2D eigenvalue weighted by Crippen LogP contribution is 1.98. The van der Waals surface area contributed by atoms with E-state index in [2.05, 4.69) is 5.32 Å².